The molecule has 8 nitrogen and oxygen atoms in total. The molecule has 3 N–H and O–H groups in total. The first kappa shape index (κ1) is 24.3. The lowest BCUT2D eigenvalue weighted by atomic mass is 10.0. The van der Waals surface area contributed by atoms with E-state index in [4.69, 9.17) is 20.0 Å². The molecule has 31 heavy (non-hydrogen) atoms. The highest BCUT2D eigenvalue weighted by atomic mass is 31.2. The second-order valence-electron chi connectivity index (χ2n) is 6.75. The van der Waals surface area contributed by atoms with Crippen LogP contribution in [0, 0.1) is 11.3 Å². The maximum absolute atomic E-state index is 12.6. The minimum Gasteiger partial charge on any atom is -0.368 e. The van der Waals surface area contributed by atoms with Gasteiger partial charge >= 0.3 is 7.60 Å². The van der Waals surface area contributed by atoms with Gasteiger partial charge in [0.15, 0.2) is 0 Å². The topological polar surface area (TPSA) is 132 Å². The second-order valence-corrected chi connectivity index (χ2v) is 8.80. The Morgan fingerprint density at radius 3 is 2.29 bits per heavy atom. The highest BCUT2D eigenvalue weighted by molar-refractivity contribution is 7.53. The van der Waals surface area contributed by atoms with E-state index >= 15 is 0 Å². The summed E-state index contributed by atoms with van der Waals surface area (Å²) in [6.07, 6.45) is 0.260. The molecule has 2 amide bonds. The number of amides is 2. The molecule has 0 radical (unpaired) electrons. The van der Waals surface area contributed by atoms with Crippen molar-refractivity contribution in [3.05, 3.63) is 70.8 Å². The number of primary amides is 1. The summed E-state index contributed by atoms with van der Waals surface area (Å²) in [5, 5.41) is 11.6. The smallest absolute Gasteiger partial charge is 0.335 e. The van der Waals surface area contributed by atoms with Crippen LogP contribution in [-0.2, 0) is 31.0 Å². The average molecular weight is 443 g/mol. The third kappa shape index (κ3) is 7.34. The Morgan fingerprint density at radius 1 is 1.10 bits per heavy atom. The SMILES string of the molecule is CCOP(=O)(Cc1ccc(C(=O)N[C@@H](Cc2cccc(C#N)c2)C(N)=O)cc1)OCC. The van der Waals surface area contributed by atoms with Crippen molar-refractivity contribution in [3.63, 3.8) is 0 Å². The van der Waals surface area contributed by atoms with Crippen LogP contribution in [0.2, 0.25) is 0 Å². The molecule has 0 aliphatic carbocycles. The first-order valence-corrected chi connectivity index (χ1v) is 11.6. The Morgan fingerprint density at radius 2 is 1.74 bits per heavy atom. The lowest BCUT2D eigenvalue weighted by Crippen LogP contribution is -2.45. The second kappa shape index (κ2) is 11.4. The van der Waals surface area contributed by atoms with E-state index in [1.54, 1.807) is 62.4 Å². The molecule has 0 fully saturated rings. The summed E-state index contributed by atoms with van der Waals surface area (Å²) in [5.74, 6) is -1.15. The number of hydrogen-bond acceptors (Lipinski definition) is 6. The van der Waals surface area contributed by atoms with E-state index in [1.165, 1.54) is 0 Å². The van der Waals surface area contributed by atoms with Gasteiger partial charge in [0.25, 0.3) is 5.91 Å². The van der Waals surface area contributed by atoms with Gasteiger partial charge < -0.3 is 20.1 Å². The first-order valence-electron chi connectivity index (χ1n) is 9.86. The number of hydrogen-bond donors (Lipinski definition) is 2. The number of nitriles is 1. The number of carbonyl (C=O) groups is 2. The van der Waals surface area contributed by atoms with E-state index < -0.39 is 25.5 Å². The third-order valence-corrected chi connectivity index (χ3v) is 6.44. The molecule has 1 atom stereocenters. The molecule has 0 aliphatic rings. The Balaban J connectivity index is 2.08. The van der Waals surface area contributed by atoms with Crippen molar-refractivity contribution in [2.45, 2.75) is 32.5 Å². The largest absolute Gasteiger partial charge is 0.368 e. The van der Waals surface area contributed by atoms with Gasteiger partial charge in [-0.15, -0.1) is 0 Å². The van der Waals surface area contributed by atoms with Crippen molar-refractivity contribution in [2.24, 2.45) is 5.73 Å². The molecule has 2 rings (SSSR count). The molecule has 2 aromatic rings. The summed E-state index contributed by atoms with van der Waals surface area (Å²) in [6, 6.07) is 14.3. The zero-order valence-electron chi connectivity index (χ0n) is 17.5. The van der Waals surface area contributed by atoms with Crippen LogP contribution < -0.4 is 11.1 Å². The number of benzene rings is 2. The number of carbonyl (C=O) groups excluding carboxylic acids is 2. The number of nitrogens with two attached hydrogens (primary N) is 1. The molecule has 0 spiro atoms. The van der Waals surface area contributed by atoms with Crippen LogP contribution in [0.25, 0.3) is 0 Å². The van der Waals surface area contributed by atoms with Crippen molar-refractivity contribution < 1.29 is 23.2 Å². The quantitative estimate of drug-likeness (QED) is 0.513. The van der Waals surface area contributed by atoms with Gasteiger partial charge in [-0.1, -0.05) is 24.3 Å². The van der Waals surface area contributed by atoms with Gasteiger partial charge in [0, 0.05) is 12.0 Å². The van der Waals surface area contributed by atoms with E-state index in [1.807, 2.05) is 6.07 Å². The lowest BCUT2D eigenvalue weighted by Gasteiger charge is -2.17. The van der Waals surface area contributed by atoms with Crippen LogP contribution in [0.4, 0.5) is 0 Å². The number of nitrogens with zero attached hydrogens (tertiary/aromatic N) is 1. The van der Waals surface area contributed by atoms with Gasteiger partial charge in [0.2, 0.25) is 5.91 Å². The van der Waals surface area contributed by atoms with Gasteiger partial charge in [-0.05, 0) is 49.2 Å². The van der Waals surface area contributed by atoms with Crippen molar-refractivity contribution in [1.82, 2.24) is 5.32 Å². The minimum absolute atomic E-state index is 0.0930. The summed E-state index contributed by atoms with van der Waals surface area (Å²) >= 11 is 0. The van der Waals surface area contributed by atoms with Crippen LogP contribution >= 0.6 is 7.60 Å². The van der Waals surface area contributed by atoms with E-state index in [-0.39, 0.29) is 25.8 Å². The van der Waals surface area contributed by atoms with Crippen LogP contribution in [0.1, 0.15) is 40.9 Å². The van der Waals surface area contributed by atoms with Gasteiger partial charge in [-0.3, -0.25) is 14.2 Å². The zero-order valence-corrected chi connectivity index (χ0v) is 18.4. The summed E-state index contributed by atoms with van der Waals surface area (Å²) in [6.45, 7) is 4.02. The molecule has 2 aromatic carbocycles. The lowest BCUT2D eigenvalue weighted by molar-refractivity contribution is -0.119. The fraction of sp³-hybridized carbons (Fsp3) is 0.318. The molecule has 9 heteroatoms. The van der Waals surface area contributed by atoms with E-state index in [9.17, 15) is 14.2 Å². The molecular formula is C22H26N3O5P. The van der Waals surface area contributed by atoms with Gasteiger partial charge in [-0.2, -0.15) is 5.26 Å². The fourth-order valence-electron chi connectivity index (χ4n) is 2.97. The summed E-state index contributed by atoms with van der Waals surface area (Å²) < 4.78 is 23.2. The zero-order chi connectivity index (χ0) is 22.9. The normalized spacial score (nSPS) is 12.0. The van der Waals surface area contributed by atoms with Crippen LogP contribution in [0.15, 0.2) is 48.5 Å². The Kier molecular flexibility index (Phi) is 8.95. The maximum atomic E-state index is 12.6. The van der Waals surface area contributed by atoms with Crippen molar-refractivity contribution in [1.29, 1.82) is 5.26 Å². The molecule has 0 bridgehead atoms. The van der Waals surface area contributed by atoms with Crippen LogP contribution in [0.3, 0.4) is 0 Å². The molecule has 0 unspecified atom stereocenters. The summed E-state index contributed by atoms with van der Waals surface area (Å²) in [4.78, 5) is 24.4. The molecular weight excluding hydrogens is 417 g/mol. The Hall–Kier alpha value is -2.98. The predicted octanol–water partition coefficient (Wildman–Crippen LogP) is 3.15. The van der Waals surface area contributed by atoms with Gasteiger partial charge in [0.1, 0.15) is 6.04 Å². The van der Waals surface area contributed by atoms with Gasteiger partial charge in [0.05, 0.1) is 31.0 Å². The molecule has 0 aromatic heterocycles. The highest BCUT2D eigenvalue weighted by Gasteiger charge is 2.24. The maximum Gasteiger partial charge on any atom is 0.335 e. The fourth-order valence-corrected chi connectivity index (χ4v) is 4.68. The molecule has 0 saturated carbocycles. The Labute approximate surface area is 181 Å². The monoisotopic (exact) mass is 443 g/mol. The number of nitrogens with one attached hydrogen (secondary N) is 1. The molecule has 0 saturated heterocycles. The molecule has 0 heterocycles. The van der Waals surface area contributed by atoms with Crippen molar-refractivity contribution >= 4 is 19.4 Å². The van der Waals surface area contributed by atoms with E-state index in [2.05, 4.69) is 5.32 Å². The van der Waals surface area contributed by atoms with Crippen LogP contribution in [-0.4, -0.2) is 31.1 Å². The van der Waals surface area contributed by atoms with Crippen LogP contribution in [0.5, 0.6) is 0 Å². The molecule has 164 valence electrons. The van der Waals surface area contributed by atoms with Gasteiger partial charge in [-0.25, -0.2) is 0 Å². The van der Waals surface area contributed by atoms with E-state index in [0.29, 0.717) is 22.3 Å². The first-order chi connectivity index (χ1) is 14.8. The Bertz CT molecular complexity index is 991. The highest BCUT2D eigenvalue weighted by Crippen LogP contribution is 2.51. The van der Waals surface area contributed by atoms with E-state index in [0.717, 1.165) is 0 Å². The predicted molar refractivity (Wildman–Crippen MR) is 116 cm³/mol. The summed E-state index contributed by atoms with van der Waals surface area (Å²) in [5.41, 5.74) is 7.64. The number of rotatable bonds is 11. The summed E-state index contributed by atoms with van der Waals surface area (Å²) in [7, 11) is -3.25. The van der Waals surface area contributed by atoms with Crippen molar-refractivity contribution in [3.8, 4) is 6.07 Å². The van der Waals surface area contributed by atoms with Crippen molar-refractivity contribution in [2.75, 3.05) is 13.2 Å². The molecule has 0 aliphatic heterocycles. The third-order valence-electron chi connectivity index (χ3n) is 4.39. The average Bonchev–Trinajstić information content (AvgIpc) is 2.74. The standard InChI is InChI=1S/C22H26N3O5P/c1-3-29-31(28,30-4-2)15-16-8-10-19(11-9-16)22(27)25-20(21(24)26)13-17-6-5-7-18(12-17)14-23/h5-12,20H,3-4,13,15H2,1-2H3,(H2,24,26)(H,25,27)/t20-/m0/s1. The minimum atomic E-state index is -3.25.